The minimum absolute atomic E-state index is 0.0594. The van der Waals surface area contributed by atoms with Crippen LogP contribution in [0.1, 0.15) is 23.1 Å². The van der Waals surface area contributed by atoms with Crippen molar-refractivity contribution in [1.82, 2.24) is 5.01 Å². The lowest BCUT2D eigenvalue weighted by molar-refractivity contribution is -0.127. The fraction of sp³-hybridized carbons (Fsp3) is 0.333. The first-order chi connectivity index (χ1) is 7.06. The van der Waals surface area contributed by atoms with Gasteiger partial charge in [0, 0.05) is 7.05 Å². The average Bonchev–Trinajstić information content (AvgIpc) is 2.45. The number of amides is 1. The average molecular weight is 202 g/mol. The van der Waals surface area contributed by atoms with E-state index >= 15 is 0 Å². The zero-order valence-electron chi connectivity index (χ0n) is 9.24. The first-order valence-electron chi connectivity index (χ1n) is 4.99. The SMILES string of the molecule is Cc1cc(C)cc(C2=NN(C)C(=O)C2)c1. The molecule has 1 amide bonds. The second-order valence-corrected chi connectivity index (χ2v) is 4.02. The summed E-state index contributed by atoms with van der Waals surface area (Å²) in [6, 6.07) is 6.25. The van der Waals surface area contributed by atoms with Gasteiger partial charge in [-0.3, -0.25) is 4.79 Å². The van der Waals surface area contributed by atoms with Gasteiger partial charge in [-0.15, -0.1) is 0 Å². The van der Waals surface area contributed by atoms with Gasteiger partial charge in [0.2, 0.25) is 5.91 Å². The molecule has 0 radical (unpaired) electrons. The zero-order chi connectivity index (χ0) is 11.0. The Bertz CT molecular complexity index is 429. The molecule has 1 heterocycles. The summed E-state index contributed by atoms with van der Waals surface area (Å²) in [4.78, 5) is 11.3. The number of aryl methyl sites for hydroxylation is 2. The minimum atomic E-state index is 0.0594. The number of carbonyl (C=O) groups is 1. The zero-order valence-corrected chi connectivity index (χ0v) is 9.24. The summed E-state index contributed by atoms with van der Waals surface area (Å²) in [7, 11) is 1.69. The van der Waals surface area contributed by atoms with Crippen LogP contribution >= 0.6 is 0 Å². The van der Waals surface area contributed by atoms with Crippen molar-refractivity contribution in [3.8, 4) is 0 Å². The Morgan fingerprint density at radius 1 is 1.20 bits per heavy atom. The molecule has 1 aromatic rings. The number of rotatable bonds is 1. The van der Waals surface area contributed by atoms with Crippen LogP contribution in [0.2, 0.25) is 0 Å². The lowest BCUT2D eigenvalue weighted by Crippen LogP contribution is -2.14. The number of hydrogen-bond acceptors (Lipinski definition) is 2. The summed E-state index contributed by atoms with van der Waals surface area (Å²) in [5, 5.41) is 5.63. The van der Waals surface area contributed by atoms with E-state index in [1.807, 2.05) is 0 Å². The van der Waals surface area contributed by atoms with Crippen LogP contribution < -0.4 is 0 Å². The Morgan fingerprint density at radius 3 is 2.27 bits per heavy atom. The Hall–Kier alpha value is -1.64. The van der Waals surface area contributed by atoms with Crippen LogP contribution in [0.15, 0.2) is 23.3 Å². The number of nitrogens with zero attached hydrogens (tertiary/aromatic N) is 2. The van der Waals surface area contributed by atoms with Gasteiger partial charge in [-0.25, -0.2) is 5.01 Å². The molecule has 78 valence electrons. The van der Waals surface area contributed by atoms with Crippen LogP contribution in [-0.4, -0.2) is 23.7 Å². The Labute approximate surface area is 89.4 Å². The predicted octanol–water partition coefficient (Wildman–Crippen LogP) is 1.87. The summed E-state index contributed by atoms with van der Waals surface area (Å²) in [5.41, 5.74) is 4.34. The van der Waals surface area contributed by atoms with Gasteiger partial charge in [-0.05, 0) is 19.4 Å². The van der Waals surface area contributed by atoms with E-state index in [4.69, 9.17) is 0 Å². The molecule has 0 unspecified atom stereocenters. The fourth-order valence-corrected chi connectivity index (χ4v) is 1.83. The summed E-state index contributed by atoms with van der Waals surface area (Å²) in [5.74, 6) is 0.0594. The number of carbonyl (C=O) groups excluding carboxylic acids is 1. The molecular formula is C12H14N2O. The van der Waals surface area contributed by atoms with E-state index in [0.717, 1.165) is 11.3 Å². The first-order valence-corrected chi connectivity index (χ1v) is 4.99. The molecular weight excluding hydrogens is 188 g/mol. The van der Waals surface area contributed by atoms with Gasteiger partial charge in [-0.1, -0.05) is 29.3 Å². The molecule has 0 bridgehead atoms. The second-order valence-electron chi connectivity index (χ2n) is 4.02. The lowest BCUT2D eigenvalue weighted by atomic mass is 10.0. The van der Waals surface area contributed by atoms with Crippen LogP contribution in [0.3, 0.4) is 0 Å². The van der Waals surface area contributed by atoms with Crippen molar-refractivity contribution in [3.63, 3.8) is 0 Å². The normalized spacial score (nSPS) is 15.8. The van der Waals surface area contributed by atoms with E-state index in [9.17, 15) is 4.79 Å². The maximum Gasteiger partial charge on any atom is 0.248 e. The summed E-state index contributed by atoms with van der Waals surface area (Å²) in [6.45, 7) is 4.11. The highest BCUT2D eigenvalue weighted by Gasteiger charge is 2.21. The third kappa shape index (κ3) is 1.91. The van der Waals surface area contributed by atoms with E-state index < -0.39 is 0 Å². The third-order valence-corrected chi connectivity index (χ3v) is 2.51. The van der Waals surface area contributed by atoms with Gasteiger partial charge >= 0.3 is 0 Å². The highest BCUT2D eigenvalue weighted by molar-refractivity contribution is 6.13. The largest absolute Gasteiger partial charge is 0.273 e. The van der Waals surface area contributed by atoms with Gasteiger partial charge in [0.1, 0.15) is 0 Å². The maximum atomic E-state index is 11.3. The molecule has 1 aromatic carbocycles. The molecule has 15 heavy (non-hydrogen) atoms. The van der Waals surface area contributed by atoms with Crippen molar-refractivity contribution in [2.45, 2.75) is 20.3 Å². The van der Waals surface area contributed by atoms with E-state index in [1.54, 1.807) is 7.05 Å². The molecule has 0 fully saturated rings. The molecule has 0 N–H and O–H groups in total. The molecule has 1 aliphatic heterocycles. The molecule has 0 aromatic heterocycles. The standard InChI is InChI=1S/C12H14N2O/c1-8-4-9(2)6-10(5-8)11-7-12(15)14(3)13-11/h4-6H,7H2,1-3H3. The quantitative estimate of drug-likeness (QED) is 0.684. The second kappa shape index (κ2) is 3.50. The number of hydrogen-bond donors (Lipinski definition) is 0. The van der Waals surface area contributed by atoms with Crippen LogP contribution in [0, 0.1) is 13.8 Å². The molecule has 0 saturated heterocycles. The van der Waals surface area contributed by atoms with E-state index in [0.29, 0.717) is 6.42 Å². The van der Waals surface area contributed by atoms with Crippen molar-refractivity contribution in [2.24, 2.45) is 5.10 Å². The third-order valence-electron chi connectivity index (χ3n) is 2.51. The van der Waals surface area contributed by atoms with Crippen molar-refractivity contribution < 1.29 is 4.79 Å². The molecule has 0 saturated carbocycles. The van der Waals surface area contributed by atoms with Gasteiger partial charge in [0.25, 0.3) is 0 Å². The van der Waals surface area contributed by atoms with Gasteiger partial charge < -0.3 is 0 Å². The van der Waals surface area contributed by atoms with Crippen molar-refractivity contribution in [3.05, 3.63) is 34.9 Å². The van der Waals surface area contributed by atoms with E-state index in [2.05, 4.69) is 37.1 Å². The highest BCUT2D eigenvalue weighted by Crippen LogP contribution is 2.16. The van der Waals surface area contributed by atoms with Crippen LogP contribution in [0.4, 0.5) is 0 Å². The van der Waals surface area contributed by atoms with Crippen molar-refractivity contribution >= 4 is 11.6 Å². The van der Waals surface area contributed by atoms with Crippen LogP contribution in [0.25, 0.3) is 0 Å². The van der Waals surface area contributed by atoms with Gasteiger partial charge in [0.15, 0.2) is 0 Å². The Kier molecular flexibility index (Phi) is 2.31. The molecule has 2 rings (SSSR count). The number of benzene rings is 1. The van der Waals surface area contributed by atoms with E-state index in [-0.39, 0.29) is 5.91 Å². The Morgan fingerprint density at radius 2 is 1.80 bits per heavy atom. The molecule has 1 aliphatic rings. The summed E-state index contributed by atoms with van der Waals surface area (Å²) in [6.07, 6.45) is 0.416. The fourth-order valence-electron chi connectivity index (χ4n) is 1.83. The molecule has 3 heteroatoms. The van der Waals surface area contributed by atoms with Crippen LogP contribution in [-0.2, 0) is 4.79 Å². The smallest absolute Gasteiger partial charge is 0.248 e. The first kappa shape index (κ1) is 9.90. The van der Waals surface area contributed by atoms with Crippen molar-refractivity contribution in [1.29, 1.82) is 0 Å². The summed E-state index contributed by atoms with van der Waals surface area (Å²) < 4.78 is 0. The Balaban J connectivity index is 2.39. The minimum Gasteiger partial charge on any atom is -0.273 e. The monoisotopic (exact) mass is 202 g/mol. The topological polar surface area (TPSA) is 32.7 Å². The summed E-state index contributed by atoms with van der Waals surface area (Å²) >= 11 is 0. The van der Waals surface area contributed by atoms with Crippen molar-refractivity contribution in [2.75, 3.05) is 7.05 Å². The molecule has 0 aliphatic carbocycles. The lowest BCUT2D eigenvalue weighted by Gasteiger charge is -2.03. The maximum absolute atomic E-state index is 11.3. The highest BCUT2D eigenvalue weighted by atomic mass is 16.2. The van der Waals surface area contributed by atoms with E-state index in [1.165, 1.54) is 16.1 Å². The van der Waals surface area contributed by atoms with Crippen LogP contribution in [0.5, 0.6) is 0 Å². The van der Waals surface area contributed by atoms with Gasteiger partial charge in [0.05, 0.1) is 12.1 Å². The molecule has 0 spiro atoms. The number of hydrazone groups is 1. The molecule has 0 atom stereocenters. The van der Waals surface area contributed by atoms with Gasteiger partial charge in [-0.2, -0.15) is 5.10 Å². The molecule has 3 nitrogen and oxygen atoms in total. The predicted molar refractivity (Wildman–Crippen MR) is 59.8 cm³/mol.